The number of carbonyl (C=O) groups is 2. The van der Waals surface area contributed by atoms with Gasteiger partial charge in [-0.2, -0.15) is 0 Å². The summed E-state index contributed by atoms with van der Waals surface area (Å²) in [5, 5.41) is 23.3. The predicted octanol–water partition coefficient (Wildman–Crippen LogP) is 5.14. The molecule has 3 rings (SSSR count). The van der Waals surface area contributed by atoms with E-state index in [4.69, 9.17) is 4.74 Å². The van der Waals surface area contributed by atoms with Crippen LogP contribution in [0.1, 0.15) is 56.7 Å². The Morgan fingerprint density at radius 2 is 1.24 bits per heavy atom. The van der Waals surface area contributed by atoms with Gasteiger partial charge in [0.2, 0.25) is 0 Å². The Morgan fingerprint density at radius 3 is 1.59 bits per heavy atom. The largest absolute Gasteiger partial charge is 0.480 e. The van der Waals surface area contributed by atoms with Crippen LogP contribution >= 0.6 is 0 Å². The van der Waals surface area contributed by atoms with Crippen LogP contribution < -0.4 is 5.32 Å². The van der Waals surface area contributed by atoms with Crippen molar-refractivity contribution in [2.45, 2.75) is 57.2 Å². The summed E-state index contributed by atoms with van der Waals surface area (Å²) in [5.74, 6) is -2.22. The monoisotopic (exact) mass is 503 g/mol. The Labute approximate surface area is 219 Å². The number of esters is 1. The van der Waals surface area contributed by atoms with Crippen LogP contribution in [-0.4, -0.2) is 40.4 Å². The van der Waals surface area contributed by atoms with E-state index >= 15 is 0 Å². The molecule has 0 saturated heterocycles. The molecule has 196 valence electrons. The van der Waals surface area contributed by atoms with Gasteiger partial charge in [-0.1, -0.05) is 91.0 Å². The highest BCUT2D eigenvalue weighted by atomic mass is 16.6. The number of benzene rings is 3. The summed E-state index contributed by atoms with van der Waals surface area (Å²) in [7, 11) is 0. The highest BCUT2D eigenvalue weighted by Crippen LogP contribution is 2.38. The van der Waals surface area contributed by atoms with E-state index in [0.29, 0.717) is 12.8 Å². The first-order valence-electron chi connectivity index (χ1n) is 12.7. The van der Waals surface area contributed by atoms with E-state index < -0.39 is 35.0 Å². The summed E-state index contributed by atoms with van der Waals surface area (Å²) in [6.07, 6.45) is 0.710. The lowest BCUT2D eigenvalue weighted by Gasteiger charge is -2.40. The topological polar surface area (TPSA) is 95.9 Å². The van der Waals surface area contributed by atoms with Crippen LogP contribution in [0.2, 0.25) is 0 Å². The Balaban J connectivity index is 2.12. The quantitative estimate of drug-likeness (QED) is 0.234. The summed E-state index contributed by atoms with van der Waals surface area (Å²) in [4.78, 5) is 25.8. The number of hydrogen-bond donors (Lipinski definition) is 3. The molecule has 0 saturated carbocycles. The van der Waals surface area contributed by atoms with Crippen molar-refractivity contribution >= 4 is 11.9 Å². The lowest BCUT2D eigenvalue weighted by Crippen LogP contribution is -2.53. The molecule has 0 bridgehead atoms. The average Bonchev–Trinajstić information content (AvgIpc) is 2.89. The Hall–Kier alpha value is -3.48. The van der Waals surface area contributed by atoms with Crippen molar-refractivity contribution in [1.29, 1.82) is 0 Å². The van der Waals surface area contributed by atoms with E-state index in [-0.39, 0.29) is 13.0 Å². The molecule has 0 heterocycles. The van der Waals surface area contributed by atoms with Crippen LogP contribution in [0, 0.1) is 5.92 Å². The van der Waals surface area contributed by atoms with Crippen LogP contribution in [0.15, 0.2) is 91.0 Å². The molecule has 0 aromatic heterocycles. The molecule has 0 fully saturated rings. The molecule has 6 nitrogen and oxygen atoms in total. The molecule has 0 amide bonds. The van der Waals surface area contributed by atoms with Gasteiger partial charge in [0.05, 0.1) is 11.5 Å². The number of aliphatic hydroxyl groups is 1. The van der Waals surface area contributed by atoms with E-state index in [1.807, 2.05) is 91.0 Å². The Morgan fingerprint density at radius 1 is 0.811 bits per heavy atom. The lowest BCUT2D eigenvalue weighted by molar-refractivity contribution is -0.161. The molecule has 3 N–H and O–H groups in total. The Bertz CT molecular complexity index is 1030. The van der Waals surface area contributed by atoms with Crippen LogP contribution in [0.4, 0.5) is 0 Å². The number of ether oxygens (including phenoxy) is 1. The Kier molecular flexibility index (Phi) is 9.61. The standard InChI is InChI=1S/C31H37NO5/c1-30(2,3)37-29(36)23(14-13-21-33)22-27(28(34)35)32-31(24-15-7-4-8-16-24,25-17-9-5-10-18-25)26-19-11-6-12-20-26/h4-12,15-20,23,27,32-33H,13-14,21-22H2,1-3H3,(H,34,35)/t23-,27-/m0/s1. The number of nitrogens with one attached hydrogen (secondary N) is 1. The number of carboxylic acids is 1. The fraction of sp³-hybridized carbons (Fsp3) is 0.355. The van der Waals surface area contributed by atoms with Crippen molar-refractivity contribution in [2.75, 3.05) is 6.61 Å². The highest BCUT2D eigenvalue weighted by Gasteiger charge is 2.41. The third-order valence-corrected chi connectivity index (χ3v) is 6.28. The molecule has 0 aliphatic carbocycles. The maximum atomic E-state index is 13.1. The van der Waals surface area contributed by atoms with Crippen molar-refractivity contribution in [3.63, 3.8) is 0 Å². The zero-order chi connectivity index (χ0) is 26.9. The molecule has 3 aromatic carbocycles. The third kappa shape index (κ3) is 7.28. The number of rotatable bonds is 12. The van der Waals surface area contributed by atoms with Gasteiger partial charge in [-0.15, -0.1) is 0 Å². The summed E-state index contributed by atoms with van der Waals surface area (Å²) in [6, 6.07) is 28.1. The number of carboxylic acid groups (broad SMARTS) is 1. The molecule has 0 spiro atoms. The van der Waals surface area contributed by atoms with Crippen molar-refractivity contribution in [3.8, 4) is 0 Å². The average molecular weight is 504 g/mol. The van der Waals surface area contributed by atoms with Gasteiger partial charge in [-0.3, -0.25) is 14.9 Å². The second-order valence-corrected chi connectivity index (χ2v) is 10.2. The highest BCUT2D eigenvalue weighted by molar-refractivity contribution is 5.77. The van der Waals surface area contributed by atoms with Crippen molar-refractivity contribution in [3.05, 3.63) is 108 Å². The van der Waals surface area contributed by atoms with Gasteiger partial charge in [0.25, 0.3) is 0 Å². The second-order valence-electron chi connectivity index (χ2n) is 10.2. The minimum absolute atomic E-state index is 0.0124. The molecular formula is C31H37NO5. The first kappa shape index (κ1) is 28.1. The van der Waals surface area contributed by atoms with Crippen molar-refractivity contribution < 1.29 is 24.5 Å². The summed E-state index contributed by atoms with van der Waals surface area (Å²) in [6.45, 7) is 5.26. The first-order valence-corrected chi connectivity index (χ1v) is 12.7. The minimum Gasteiger partial charge on any atom is -0.480 e. The zero-order valence-electron chi connectivity index (χ0n) is 21.8. The van der Waals surface area contributed by atoms with Gasteiger partial charge in [-0.25, -0.2) is 0 Å². The van der Waals surface area contributed by atoms with E-state index in [1.54, 1.807) is 20.8 Å². The van der Waals surface area contributed by atoms with Crippen LogP contribution in [-0.2, 0) is 19.9 Å². The van der Waals surface area contributed by atoms with Crippen LogP contribution in [0.5, 0.6) is 0 Å². The van der Waals surface area contributed by atoms with E-state index in [2.05, 4.69) is 5.32 Å². The first-order chi connectivity index (χ1) is 17.7. The molecule has 37 heavy (non-hydrogen) atoms. The third-order valence-electron chi connectivity index (χ3n) is 6.28. The molecule has 0 aliphatic heterocycles. The maximum Gasteiger partial charge on any atom is 0.320 e. The molecule has 0 radical (unpaired) electrons. The van der Waals surface area contributed by atoms with E-state index in [1.165, 1.54) is 0 Å². The van der Waals surface area contributed by atoms with Gasteiger partial charge in [0.1, 0.15) is 11.6 Å². The summed E-state index contributed by atoms with van der Waals surface area (Å²) in [5.41, 5.74) is 0.929. The van der Waals surface area contributed by atoms with Crippen LogP contribution in [0.3, 0.4) is 0 Å². The van der Waals surface area contributed by atoms with Gasteiger partial charge in [-0.05, 0) is 56.7 Å². The fourth-order valence-electron chi connectivity index (χ4n) is 4.64. The minimum atomic E-state index is -1.09. The molecule has 0 unspecified atom stereocenters. The zero-order valence-corrected chi connectivity index (χ0v) is 21.8. The van der Waals surface area contributed by atoms with Gasteiger partial charge in [0.15, 0.2) is 0 Å². The molecule has 3 aromatic rings. The second kappa shape index (κ2) is 12.7. The smallest absolute Gasteiger partial charge is 0.320 e. The van der Waals surface area contributed by atoms with Crippen molar-refractivity contribution in [1.82, 2.24) is 5.32 Å². The fourth-order valence-corrected chi connectivity index (χ4v) is 4.64. The normalized spacial score (nSPS) is 13.5. The van der Waals surface area contributed by atoms with E-state index in [0.717, 1.165) is 16.7 Å². The molecule has 6 heteroatoms. The predicted molar refractivity (Wildman–Crippen MR) is 144 cm³/mol. The lowest BCUT2D eigenvalue weighted by atomic mass is 9.76. The number of aliphatic carboxylic acids is 1. The van der Waals surface area contributed by atoms with Gasteiger partial charge in [0, 0.05) is 6.61 Å². The molecule has 2 atom stereocenters. The number of aliphatic hydroxyl groups excluding tert-OH is 1. The molecule has 0 aliphatic rings. The van der Waals surface area contributed by atoms with E-state index in [9.17, 15) is 19.8 Å². The van der Waals surface area contributed by atoms with Crippen LogP contribution in [0.25, 0.3) is 0 Å². The SMILES string of the molecule is CC(C)(C)OC(=O)[C@@H](CCCO)C[C@H](NC(c1ccccc1)(c1ccccc1)c1ccccc1)C(=O)O. The maximum absolute atomic E-state index is 13.1. The van der Waals surface area contributed by atoms with Gasteiger partial charge >= 0.3 is 11.9 Å². The summed E-state index contributed by atoms with van der Waals surface area (Å²) < 4.78 is 5.62. The van der Waals surface area contributed by atoms with Gasteiger partial charge < -0.3 is 14.9 Å². The molecular weight excluding hydrogens is 466 g/mol. The number of hydrogen-bond acceptors (Lipinski definition) is 5. The van der Waals surface area contributed by atoms with Crippen molar-refractivity contribution in [2.24, 2.45) is 5.92 Å². The number of carbonyl (C=O) groups excluding carboxylic acids is 1. The summed E-state index contributed by atoms with van der Waals surface area (Å²) >= 11 is 0.